The smallest absolute Gasteiger partial charge is 0.140 e. The van der Waals surface area contributed by atoms with Gasteiger partial charge in [-0.25, -0.2) is 0 Å². The zero-order valence-electron chi connectivity index (χ0n) is 5.44. The van der Waals surface area contributed by atoms with Gasteiger partial charge in [0.05, 0.1) is 0 Å². The summed E-state index contributed by atoms with van der Waals surface area (Å²) in [6, 6.07) is 0. The van der Waals surface area contributed by atoms with E-state index in [1.165, 1.54) is 0 Å². The van der Waals surface area contributed by atoms with Crippen molar-refractivity contribution in [1.82, 2.24) is 14.8 Å². The standard InChI is InChI=1S/C7H7N3/c1-2-4-7-9-8-6-10(7)5-3-1/h1-3,5-6H,4H2. The number of fused-ring (bicyclic) bond motifs is 1. The van der Waals surface area contributed by atoms with Crippen LogP contribution < -0.4 is 0 Å². The summed E-state index contributed by atoms with van der Waals surface area (Å²) in [6.45, 7) is 0. The van der Waals surface area contributed by atoms with Crippen molar-refractivity contribution >= 4 is 6.20 Å². The van der Waals surface area contributed by atoms with Crippen LogP contribution in [0.4, 0.5) is 0 Å². The molecule has 0 unspecified atom stereocenters. The second-order valence-electron chi connectivity index (χ2n) is 2.13. The molecule has 2 heterocycles. The summed E-state index contributed by atoms with van der Waals surface area (Å²) in [5.74, 6) is 0.991. The third kappa shape index (κ3) is 0.757. The largest absolute Gasteiger partial charge is 0.292 e. The molecule has 0 fully saturated rings. The van der Waals surface area contributed by atoms with Crippen molar-refractivity contribution in [3.8, 4) is 0 Å². The van der Waals surface area contributed by atoms with Gasteiger partial charge in [0.15, 0.2) is 0 Å². The van der Waals surface area contributed by atoms with Gasteiger partial charge in [-0.15, -0.1) is 10.2 Å². The van der Waals surface area contributed by atoms with Gasteiger partial charge in [-0.05, 0) is 6.08 Å². The lowest BCUT2D eigenvalue weighted by Gasteiger charge is -1.91. The molecule has 0 radical (unpaired) electrons. The van der Waals surface area contributed by atoms with Crippen LogP contribution >= 0.6 is 0 Å². The van der Waals surface area contributed by atoms with Crippen molar-refractivity contribution in [2.45, 2.75) is 6.42 Å². The Labute approximate surface area is 58.7 Å². The van der Waals surface area contributed by atoms with Crippen molar-refractivity contribution in [3.05, 3.63) is 30.4 Å². The Hall–Kier alpha value is -1.38. The van der Waals surface area contributed by atoms with Crippen molar-refractivity contribution in [1.29, 1.82) is 0 Å². The highest BCUT2D eigenvalue weighted by Gasteiger charge is 1.99. The van der Waals surface area contributed by atoms with E-state index in [-0.39, 0.29) is 0 Å². The first-order chi connectivity index (χ1) is 4.97. The molecule has 0 N–H and O–H groups in total. The van der Waals surface area contributed by atoms with Gasteiger partial charge in [0.2, 0.25) is 0 Å². The van der Waals surface area contributed by atoms with Crippen LogP contribution in [0.25, 0.3) is 6.20 Å². The second kappa shape index (κ2) is 2.10. The van der Waals surface area contributed by atoms with E-state index in [0.717, 1.165) is 12.2 Å². The first-order valence-corrected chi connectivity index (χ1v) is 3.18. The van der Waals surface area contributed by atoms with Crippen LogP contribution in [-0.2, 0) is 6.42 Å². The van der Waals surface area contributed by atoms with Crippen LogP contribution in [0.5, 0.6) is 0 Å². The summed E-state index contributed by atoms with van der Waals surface area (Å²) in [6.07, 6.45) is 10.6. The molecular weight excluding hydrogens is 126 g/mol. The van der Waals surface area contributed by atoms with E-state index in [0.29, 0.717) is 0 Å². The minimum Gasteiger partial charge on any atom is -0.292 e. The van der Waals surface area contributed by atoms with Crippen LogP contribution in [0.1, 0.15) is 5.82 Å². The first kappa shape index (κ1) is 5.41. The molecular formula is C7H7N3. The van der Waals surface area contributed by atoms with Crippen molar-refractivity contribution in [3.63, 3.8) is 0 Å². The van der Waals surface area contributed by atoms with Gasteiger partial charge in [-0.1, -0.05) is 12.2 Å². The molecule has 3 nitrogen and oxygen atoms in total. The Bertz CT molecular complexity index is 283. The molecule has 10 heavy (non-hydrogen) atoms. The molecule has 0 aliphatic carbocycles. The molecule has 0 bridgehead atoms. The average molecular weight is 133 g/mol. The van der Waals surface area contributed by atoms with E-state index in [9.17, 15) is 0 Å². The highest BCUT2D eigenvalue weighted by Crippen LogP contribution is 2.01. The second-order valence-corrected chi connectivity index (χ2v) is 2.13. The lowest BCUT2D eigenvalue weighted by molar-refractivity contribution is 0.956. The average Bonchev–Trinajstić information content (AvgIpc) is 2.28. The van der Waals surface area contributed by atoms with Crippen molar-refractivity contribution in [2.75, 3.05) is 0 Å². The predicted molar refractivity (Wildman–Crippen MR) is 38.2 cm³/mol. The maximum absolute atomic E-state index is 3.93. The van der Waals surface area contributed by atoms with Crippen LogP contribution in [-0.4, -0.2) is 14.8 Å². The number of hydrogen-bond acceptors (Lipinski definition) is 2. The Morgan fingerprint density at radius 3 is 3.40 bits per heavy atom. The maximum Gasteiger partial charge on any atom is 0.140 e. The lowest BCUT2D eigenvalue weighted by Crippen LogP contribution is -1.91. The minimum absolute atomic E-state index is 0.868. The van der Waals surface area contributed by atoms with Crippen LogP contribution in [0.15, 0.2) is 24.6 Å². The third-order valence-corrected chi connectivity index (χ3v) is 1.44. The van der Waals surface area contributed by atoms with Gasteiger partial charge in [0.25, 0.3) is 0 Å². The number of nitrogens with zero attached hydrogens (tertiary/aromatic N) is 3. The van der Waals surface area contributed by atoms with Gasteiger partial charge in [0, 0.05) is 12.6 Å². The summed E-state index contributed by atoms with van der Waals surface area (Å²) in [5, 5.41) is 7.70. The van der Waals surface area contributed by atoms with Crippen LogP contribution in [0.3, 0.4) is 0 Å². The normalized spacial score (nSPS) is 14.8. The number of aromatic nitrogens is 3. The summed E-state index contributed by atoms with van der Waals surface area (Å²) >= 11 is 0. The summed E-state index contributed by atoms with van der Waals surface area (Å²) in [5.41, 5.74) is 0. The number of rotatable bonds is 0. The fourth-order valence-electron chi connectivity index (χ4n) is 0.932. The zero-order valence-corrected chi connectivity index (χ0v) is 5.44. The Balaban J connectivity index is 2.50. The van der Waals surface area contributed by atoms with E-state index in [4.69, 9.17) is 0 Å². The molecule has 0 amide bonds. The molecule has 3 heteroatoms. The summed E-state index contributed by atoms with van der Waals surface area (Å²) < 4.78 is 1.92. The topological polar surface area (TPSA) is 30.7 Å². The molecule has 0 saturated heterocycles. The predicted octanol–water partition coefficient (Wildman–Crippen LogP) is 0.861. The van der Waals surface area contributed by atoms with E-state index in [1.54, 1.807) is 6.33 Å². The molecule has 0 atom stereocenters. The van der Waals surface area contributed by atoms with Crippen LogP contribution in [0, 0.1) is 0 Å². The van der Waals surface area contributed by atoms with Gasteiger partial charge in [-0.3, -0.25) is 4.57 Å². The molecule has 1 aromatic heterocycles. The summed E-state index contributed by atoms with van der Waals surface area (Å²) in [4.78, 5) is 0. The molecule has 1 aliphatic rings. The van der Waals surface area contributed by atoms with E-state index in [1.807, 2.05) is 22.9 Å². The highest BCUT2D eigenvalue weighted by molar-refractivity contribution is 5.31. The quantitative estimate of drug-likeness (QED) is 0.525. The SMILES string of the molecule is C1=CCc2nncn2C=C1. The van der Waals surface area contributed by atoms with Gasteiger partial charge < -0.3 is 0 Å². The highest BCUT2D eigenvalue weighted by atomic mass is 15.2. The lowest BCUT2D eigenvalue weighted by atomic mass is 10.4. The number of allylic oxidation sites excluding steroid dienone is 3. The molecule has 0 spiro atoms. The van der Waals surface area contributed by atoms with E-state index < -0.39 is 0 Å². The van der Waals surface area contributed by atoms with Gasteiger partial charge in [0.1, 0.15) is 12.2 Å². The van der Waals surface area contributed by atoms with Gasteiger partial charge in [-0.2, -0.15) is 0 Å². The fourth-order valence-corrected chi connectivity index (χ4v) is 0.932. The van der Waals surface area contributed by atoms with E-state index in [2.05, 4.69) is 16.3 Å². The monoisotopic (exact) mass is 133 g/mol. The fraction of sp³-hybridized carbons (Fsp3) is 0.143. The minimum atomic E-state index is 0.868. The van der Waals surface area contributed by atoms with Crippen LogP contribution in [0.2, 0.25) is 0 Å². The molecule has 1 aliphatic heterocycles. The van der Waals surface area contributed by atoms with Crippen molar-refractivity contribution < 1.29 is 0 Å². The molecule has 50 valence electrons. The molecule has 2 rings (SSSR count). The zero-order chi connectivity index (χ0) is 6.81. The Morgan fingerprint density at radius 1 is 1.40 bits per heavy atom. The molecule has 0 aromatic carbocycles. The Kier molecular flexibility index (Phi) is 1.13. The third-order valence-electron chi connectivity index (χ3n) is 1.44. The Morgan fingerprint density at radius 2 is 2.40 bits per heavy atom. The molecule has 0 saturated carbocycles. The molecule has 1 aromatic rings. The first-order valence-electron chi connectivity index (χ1n) is 3.18. The van der Waals surface area contributed by atoms with E-state index >= 15 is 0 Å². The number of hydrogen-bond donors (Lipinski definition) is 0. The summed E-state index contributed by atoms with van der Waals surface area (Å²) in [7, 11) is 0. The maximum atomic E-state index is 3.93. The van der Waals surface area contributed by atoms with Gasteiger partial charge >= 0.3 is 0 Å². The van der Waals surface area contributed by atoms with Crippen molar-refractivity contribution in [2.24, 2.45) is 0 Å².